The van der Waals surface area contributed by atoms with Crippen molar-refractivity contribution in [1.82, 2.24) is 10.6 Å². The van der Waals surface area contributed by atoms with Gasteiger partial charge in [-0.3, -0.25) is 4.99 Å². The number of nitrogens with zero attached hydrogens (tertiary/aromatic N) is 1. The van der Waals surface area contributed by atoms with Gasteiger partial charge < -0.3 is 15.4 Å². The molecule has 0 amide bonds. The maximum Gasteiger partial charge on any atom is 0.191 e. The number of nitrogens with one attached hydrogen (secondary N) is 2. The van der Waals surface area contributed by atoms with Crippen LogP contribution >= 0.6 is 35.7 Å². The summed E-state index contributed by atoms with van der Waals surface area (Å²) < 4.78 is 6.00. The molecule has 4 nitrogen and oxygen atoms in total. The van der Waals surface area contributed by atoms with Crippen LogP contribution < -0.4 is 10.6 Å². The first-order chi connectivity index (χ1) is 10.4. The highest BCUT2D eigenvalue weighted by molar-refractivity contribution is 14.0. The monoisotopic (exact) mass is 441 g/mol. The lowest BCUT2D eigenvalue weighted by Gasteiger charge is -2.24. The largest absolute Gasteiger partial charge is 0.376 e. The summed E-state index contributed by atoms with van der Waals surface area (Å²) in [4.78, 5) is 4.31. The van der Waals surface area contributed by atoms with E-state index < -0.39 is 0 Å². The SMILES string of the molecule is CN=C(NCCOC1CCCCCC1)NC1CCCSC1.I. The highest BCUT2D eigenvalue weighted by Gasteiger charge is 2.15. The van der Waals surface area contributed by atoms with Crippen molar-refractivity contribution in [3.63, 3.8) is 0 Å². The van der Waals surface area contributed by atoms with Crippen LogP contribution in [0.25, 0.3) is 0 Å². The van der Waals surface area contributed by atoms with E-state index in [0.29, 0.717) is 12.1 Å². The lowest BCUT2D eigenvalue weighted by atomic mass is 10.1. The van der Waals surface area contributed by atoms with E-state index in [-0.39, 0.29) is 24.0 Å². The van der Waals surface area contributed by atoms with Gasteiger partial charge in [-0.15, -0.1) is 24.0 Å². The summed E-state index contributed by atoms with van der Waals surface area (Å²) in [6.07, 6.45) is 11.0. The molecule has 2 rings (SSSR count). The number of guanidine groups is 1. The number of hydrogen-bond acceptors (Lipinski definition) is 3. The van der Waals surface area contributed by atoms with E-state index in [1.807, 2.05) is 18.8 Å². The molecule has 1 heterocycles. The van der Waals surface area contributed by atoms with Gasteiger partial charge in [0.2, 0.25) is 0 Å². The third-order valence-electron chi connectivity index (χ3n) is 4.28. The summed E-state index contributed by atoms with van der Waals surface area (Å²) >= 11 is 2.03. The van der Waals surface area contributed by atoms with E-state index >= 15 is 0 Å². The van der Waals surface area contributed by atoms with Crippen LogP contribution in [0.5, 0.6) is 0 Å². The highest BCUT2D eigenvalue weighted by atomic mass is 127. The minimum absolute atomic E-state index is 0. The Kier molecular flexibility index (Phi) is 11.7. The molecule has 6 heteroatoms. The van der Waals surface area contributed by atoms with Crippen molar-refractivity contribution in [3.05, 3.63) is 0 Å². The first-order valence-corrected chi connectivity index (χ1v) is 9.70. The normalized spacial score (nSPS) is 24.2. The number of halogens is 1. The fraction of sp³-hybridized carbons (Fsp3) is 0.938. The van der Waals surface area contributed by atoms with Crippen LogP contribution in [0.1, 0.15) is 51.4 Å². The number of thioether (sulfide) groups is 1. The molecule has 0 spiro atoms. The van der Waals surface area contributed by atoms with Crippen LogP contribution in [0.2, 0.25) is 0 Å². The number of hydrogen-bond donors (Lipinski definition) is 2. The van der Waals surface area contributed by atoms with Crippen molar-refractivity contribution in [1.29, 1.82) is 0 Å². The van der Waals surface area contributed by atoms with Crippen LogP contribution in [-0.4, -0.2) is 49.8 Å². The fourth-order valence-corrected chi connectivity index (χ4v) is 4.12. The molecule has 2 fully saturated rings. The van der Waals surface area contributed by atoms with Gasteiger partial charge in [-0.05, 0) is 31.4 Å². The van der Waals surface area contributed by atoms with Gasteiger partial charge in [0.25, 0.3) is 0 Å². The second-order valence-corrected chi connectivity index (χ2v) is 7.19. The van der Waals surface area contributed by atoms with Crippen molar-refractivity contribution in [2.45, 2.75) is 63.5 Å². The third kappa shape index (κ3) is 8.24. The molecule has 0 radical (unpaired) electrons. The van der Waals surface area contributed by atoms with Gasteiger partial charge in [0, 0.05) is 25.4 Å². The van der Waals surface area contributed by atoms with Gasteiger partial charge in [-0.1, -0.05) is 25.7 Å². The molecule has 0 aromatic carbocycles. The Morgan fingerprint density at radius 2 is 1.91 bits per heavy atom. The Hall–Kier alpha value is 0.310. The van der Waals surface area contributed by atoms with E-state index in [0.717, 1.165) is 19.1 Å². The molecule has 130 valence electrons. The van der Waals surface area contributed by atoms with E-state index in [1.54, 1.807) is 0 Å². The second-order valence-electron chi connectivity index (χ2n) is 6.04. The number of aliphatic imine (C=N–C) groups is 1. The Labute approximate surface area is 157 Å². The first kappa shape index (κ1) is 20.4. The van der Waals surface area contributed by atoms with Gasteiger partial charge in [-0.2, -0.15) is 11.8 Å². The molecule has 22 heavy (non-hydrogen) atoms. The highest BCUT2D eigenvalue weighted by Crippen LogP contribution is 2.19. The number of rotatable bonds is 5. The summed E-state index contributed by atoms with van der Waals surface area (Å²) in [7, 11) is 1.84. The Morgan fingerprint density at radius 1 is 1.14 bits per heavy atom. The fourth-order valence-electron chi connectivity index (χ4n) is 3.05. The Bertz CT molecular complexity index is 304. The molecule has 1 aliphatic carbocycles. The van der Waals surface area contributed by atoms with Gasteiger partial charge in [0.1, 0.15) is 0 Å². The summed E-state index contributed by atoms with van der Waals surface area (Å²) in [6.45, 7) is 1.63. The number of ether oxygens (including phenoxy) is 1. The molecule has 0 aromatic rings. The Morgan fingerprint density at radius 3 is 2.55 bits per heavy atom. The van der Waals surface area contributed by atoms with E-state index in [9.17, 15) is 0 Å². The molecule has 1 saturated carbocycles. The molecule has 1 saturated heterocycles. The smallest absolute Gasteiger partial charge is 0.191 e. The van der Waals surface area contributed by atoms with Crippen molar-refractivity contribution in [3.8, 4) is 0 Å². The maximum atomic E-state index is 6.00. The molecule has 1 unspecified atom stereocenters. The van der Waals surface area contributed by atoms with Crippen molar-refractivity contribution in [2.75, 3.05) is 31.7 Å². The molecule has 2 aliphatic rings. The van der Waals surface area contributed by atoms with Crippen LogP contribution in [-0.2, 0) is 4.74 Å². The second kappa shape index (κ2) is 12.7. The van der Waals surface area contributed by atoms with E-state index in [2.05, 4.69) is 15.6 Å². The van der Waals surface area contributed by atoms with Gasteiger partial charge in [0.05, 0.1) is 12.7 Å². The lowest BCUT2D eigenvalue weighted by molar-refractivity contribution is 0.0468. The average Bonchev–Trinajstić information content (AvgIpc) is 2.80. The zero-order valence-electron chi connectivity index (χ0n) is 13.8. The van der Waals surface area contributed by atoms with Crippen LogP contribution in [0.4, 0.5) is 0 Å². The van der Waals surface area contributed by atoms with Crippen molar-refractivity contribution < 1.29 is 4.74 Å². The lowest BCUT2D eigenvalue weighted by Crippen LogP contribution is -2.46. The van der Waals surface area contributed by atoms with Gasteiger partial charge in [-0.25, -0.2) is 0 Å². The van der Waals surface area contributed by atoms with Gasteiger partial charge >= 0.3 is 0 Å². The van der Waals surface area contributed by atoms with E-state index in [1.165, 1.54) is 62.9 Å². The summed E-state index contributed by atoms with van der Waals surface area (Å²) in [5.74, 6) is 3.42. The molecular weight excluding hydrogens is 409 g/mol. The van der Waals surface area contributed by atoms with Gasteiger partial charge in [0.15, 0.2) is 5.96 Å². The molecule has 2 N–H and O–H groups in total. The van der Waals surface area contributed by atoms with Crippen LogP contribution in [0, 0.1) is 0 Å². The molecule has 1 aliphatic heterocycles. The molecule has 1 atom stereocenters. The van der Waals surface area contributed by atoms with Crippen molar-refractivity contribution in [2.24, 2.45) is 4.99 Å². The van der Waals surface area contributed by atoms with Crippen molar-refractivity contribution >= 4 is 41.7 Å². The minimum atomic E-state index is 0. The average molecular weight is 441 g/mol. The zero-order chi connectivity index (χ0) is 14.8. The van der Waals surface area contributed by atoms with Crippen LogP contribution in [0.15, 0.2) is 4.99 Å². The molecule has 0 aromatic heterocycles. The Balaban J connectivity index is 0.00000242. The standard InChI is InChI=1S/C16H31N3OS.HI/c1-17-16(19-14-7-6-12-21-13-14)18-10-11-20-15-8-4-2-3-5-9-15;/h14-15H,2-13H2,1H3,(H2,17,18,19);1H. The summed E-state index contributed by atoms with van der Waals surface area (Å²) in [6, 6.07) is 0.567. The third-order valence-corrected chi connectivity index (χ3v) is 5.49. The molecular formula is C16H32IN3OS. The zero-order valence-corrected chi connectivity index (χ0v) is 17.0. The summed E-state index contributed by atoms with van der Waals surface area (Å²) in [5, 5.41) is 6.89. The van der Waals surface area contributed by atoms with E-state index in [4.69, 9.17) is 4.74 Å². The predicted octanol–water partition coefficient (Wildman–Crippen LogP) is 3.40. The maximum absolute atomic E-state index is 6.00. The first-order valence-electron chi connectivity index (χ1n) is 8.55. The van der Waals surface area contributed by atoms with Crippen LogP contribution in [0.3, 0.4) is 0 Å². The topological polar surface area (TPSA) is 45.7 Å². The minimum Gasteiger partial charge on any atom is -0.376 e. The summed E-state index contributed by atoms with van der Waals surface area (Å²) in [5.41, 5.74) is 0. The molecule has 0 bridgehead atoms. The quantitative estimate of drug-likeness (QED) is 0.226. The predicted molar refractivity (Wildman–Crippen MR) is 108 cm³/mol.